The van der Waals surface area contributed by atoms with E-state index >= 15 is 0 Å². The summed E-state index contributed by atoms with van der Waals surface area (Å²) in [6.07, 6.45) is 3.16. The Hall–Kier alpha value is -2.04. The molecule has 1 aromatic carbocycles. The quantitative estimate of drug-likeness (QED) is 0.751. The summed E-state index contributed by atoms with van der Waals surface area (Å²) in [5, 5.41) is 11.7. The molecule has 0 aliphatic rings. The van der Waals surface area contributed by atoms with Crippen LogP contribution in [0, 0.1) is 0 Å². The zero-order valence-corrected chi connectivity index (χ0v) is 9.35. The summed E-state index contributed by atoms with van der Waals surface area (Å²) >= 11 is 0. The van der Waals surface area contributed by atoms with Gasteiger partial charge in [0.2, 0.25) is 0 Å². The van der Waals surface area contributed by atoms with Crippen molar-refractivity contribution >= 4 is 22.8 Å². The smallest absolute Gasteiger partial charge is 0.303 e. The molecular weight excluding hydrogens is 220 g/mol. The zero-order valence-electron chi connectivity index (χ0n) is 9.35. The van der Waals surface area contributed by atoms with Gasteiger partial charge in [-0.15, -0.1) is 0 Å². The highest BCUT2D eigenvalue weighted by molar-refractivity contribution is 5.76. The molecule has 0 aliphatic heterocycles. The molecule has 0 aliphatic carbocycles. The predicted octanol–water partition coefficient (Wildman–Crippen LogP) is 2.49. The first-order chi connectivity index (χ1) is 8.25. The summed E-state index contributed by atoms with van der Waals surface area (Å²) in [6.45, 7) is 0.757. The van der Waals surface area contributed by atoms with E-state index in [0.29, 0.717) is 6.42 Å². The summed E-state index contributed by atoms with van der Waals surface area (Å²) in [5.74, 6) is -0.743. The Morgan fingerprint density at radius 2 is 2.29 bits per heavy atom. The summed E-state index contributed by atoms with van der Waals surface area (Å²) < 4.78 is 5.19. The number of hydrogen-bond acceptors (Lipinski definition) is 4. The lowest BCUT2D eigenvalue weighted by Gasteiger charge is -2.04. The molecule has 0 spiro atoms. The van der Waals surface area contributed by atoms with Gasteiger partial charge in [-0.3, -0.25) is 4.79 Å². The van der Waals surface area contributed by atoms with Crippen molar-refractivity contribution < 1.29 is 14.3 Å². The fraction of sp³-hybridized carbons (Fsp3) is 0.333. The Balaban J connectivity index is 1.80. The number of unbranched alkanes of at least 4 members (excludes halogenated alkanes) is 1. The van der Waals surface area contributed by atoms with Gasteiger partial charge in [0.15, 0.2) is 12.0 Å². The summed E-state index contributed by atoms with van der Waals surface area (Å²) in [4.78, 5) is 14.3. The first-order valence-electron chi connectivity index (χ1n) is 5.54. The normalized spacial score (nSPS) is 10.6. The second-order valence-electron chi connectivity index (χ2n) is 3.81. The van der Waals surface area contributed by atoms with E-state index < -0.39 is 5.97 Å². The van der Waals surface area contributed by atoms with E-state index in [1.54, 1.807) is 0 Å². The Morgan fingerprint density at radius 3 is 3.12 bits per heavy atom. The van der Waals surface area contributed by atoms with Crippen molar-refractivity contribution in [3.8, 4) is 0 Å². The van der Waals surface area contributed by atoms with Crippen molar-refractivity contribution in [3.05, 3.63) is 24.6 Å². The van der Waals surface area contributed by atoms with Crippen LogP contribution < -0.4 is 5.32 Å². The number of nitrogens with one attached hydrogen (secondary N) is 1. The summed E-state index contributed by atoms with van der Waals surface area (Å²) in [7, 11) is 0. The minimum absolute atomic E-state index is 0.225. The van der Waals surface area contributed by atoms with Crippen molar-refractivity contribution in [1.29, 1.82) is 0 Å². The van der Waals surface area contributed by atoms with Gasteiger partial charge in [0, 0.05) is 24.7 Å². The molecule has 0 amide bonds. The number of aliphatic carboxylic acids is 1. The first kappa shape index (κ1) is 11.4. The van der Waals surface area contributed by atoms with Crippen LogP contribution in [0.3, 0.4) is 0 Å². The lowest BCUT2D eigenvalue weighted by molar-refractivity contribution is -0.137. The number of fused-ring (bicyclic) bond motifs is 1. The van der Waals surface area contributed by atoms with Crippen LogP contribution in [0.2, 0.25) is 0 Å². The van der Waals surface area contributed by atoms with Crippen molar-refractivity contribution in [3.63, 3.8) is 0 Å². The summed E-state index contributed by atoms with van der Waals surface area (Å²) in [6, 6.07) is 5.71. The molecule has 0 atom stereocenters. The van der Waals surface area contributed by atoms with E-state index in [1.807, 2.05) is 18.2 Å². The van der Waals surface area contributed by atoms with E-state index in [1.165, 1.54) is 6.39 Å². The second kappa shape index (κ2) is 5.34. The van der Waals surface area contributed by atoms with Gasteiger partial charge in [0.25, 0.3) is 0 Å². The molecule has 0 unspecified atom stereocenters. The summed E-state index contributed by atoms with van der Waals surface area (Å²) in [5.41, 5.74) is 2.55. The number of carbonyl (C=O) groups is 1. The van der Waals surface area contributed by atoms with E-state index in [2.05, 4.69) is 10.3 Å². The zero-order chi connectivity index (χ0) is 12.1. The Labute approximate surface area is 98.5 Å². The number of rotatable bonds is 6. The van der Waals surface area contributed by atoms with Gasteiger partial charge in [-0.1, -0.05) is 0 Å². The fourth-order valence-electron chi connectivity index (χ4n) is 1.60. The topological polar surface area (TPSA) is 75.4 Å². The number of anilines is 1. The van der Waals surface area contributed by atoms with Crippen LogP contribution in [-0.2, 0) is 4.79 Å². The van der Waals surface area contributed by atoms with Crippen LogP contribution in [0.25, 0.3) is 11.1 Å². The van der Waals surface area contributed by atoms with Crippen LogP contribution in [0.5, 0.6) is 0 Å². The van der Waals surface area contributed by atoms with Crippen LogP contribution in [0.15, 0.2) is 29.0 Å². The standard InChI is InChI=1S/C12H14N2O3/c15-12(16)3-1-2-6-13-9-4-5-10-11(7-9)17-8-14-10/h4-5,7-8,13H,1-3,6H2,(H,15,16). The maximum atomic E-state index is 10.3. The lowest BCUT2D eigenvalue weighted by Crippen LogP contribution is -2.02. The molecular formula is C12H14N2O3. The number of nitrogens with zero attached hydrogens (tertiary/aromatic N) is 1. The molecule has 0 saturated heterocycles. The number of carboxylic acid groups (broad SMARTS) is 1. The van der Waals surface area contributed by atoms with Crippen LogP contribution in [0.1, 0.15) is 19.3 Å². The molecule has 5 heteroatoms. The molecule has 90 valence electrons. The van der Waals surface area contributed by atoms with E-state index in [-0.39, 0.29) is 6.42 Å². The molecule has 0 bridgehead atoms. The average molecular weight is 234 g/mol. The number of carboxylic acids is 1. The van der Waals surface area contributed by atoms with Gasteiger partial charge >= 0.3 is 5.97 Å². The Morgan fingerprint density at radius 1 is 1.41 bits per heavy atom. The SMILES string of the molecule is O=C(O)CCCCNc1ccc2ncoc2c1. The van der Waals surface area contributed by atoms with Crippen molar-refractivity contribution in [2.75, 3.05) is 11.9 Å². The van der Waals surface area contributed by atoms with Crippen molar-refractivity contribution in [2.45, 2.75) is 19.3 Å². The van der Waals surface area contributed by atoms with E-state index in [4.69, 9.17) is 9.52 Å². The first-order valence-corrected chi connectivity index (χ1v) is 5.54. The van der Waals surface area contributed by atoms with E-state index in [0.717, 1.165) is 29.8 Å². The molecule has 5 nitrogen and oxygen atoms in total. The van der Waals surface area contributed by atoms with Gasteiger partial charge < -0.3 is 14.8 Å². The van der Waals surface area contributed by atoms with Crippen molar-refractivity contribution in [1.82, 2.24) is 4.98 Å². The molecule has 0 radical (unpaired) electrons. The maximum absolute atomic E-state index is 10.3. The van der Waals surface area contributed by atoms with Gasteiger partial charge in [0.05, 0.1) is 0 Å². The number of oxazole rings is 1. The predicted molar refractivity (Wildman–Crippen MR) is 64.0 cm³/mol. The molecule has 1 heterocycles. The van der Waals surface area contributed by atoms with Gasteiger partial charge in [-0.05, 0) is 25.0 Å². The highest BCUT2D eigenvalue weighted by atomic mass is 16.4. The number of aromatic nitrogens is 1. The minimum atomic E-state index is -0.743. The van der Waals surface area contributed by atoms with Crippen LogP contribution in [0.4, 0.5) is 5.69 Å². The third-order valence-corrected chi connectivity index (χ3v) is 2.48. The second-order valence-corrected chi connectivity index (χ2v) is 3.81. The molecule has 0 fully saturated rings. The molecule has 2 rings (SSSR count). The van der Waals surface area contributed by atoms with Gasteiger partial charge in [-0.2, -0.15) is 0 Å². The third kappa shape index (κ3) is 3.21. The number of hydrogen-bond donors (Lipinski definition) is 2. The van der Waals surface area contributed by atoms with Gasteiger partial charge in [0.1, 0.15) is 5.52 Å². The fourth-order valence-corrected chi connectivity index (χ4v) is 1.60. The molecule has 2 N–H and O–H groups in total. The van der Waals surface area contributed by atoms with Crippen LogP contribution >= 0.6 is 0 Å². The molecule has 17 heavy (non-hydrogen) atoms. The minimum Gasteiger partial charge on any atom is -0.481 e. The van der Waals surface area contributed by atoms with Gasteiger partial charge in [-0.25, -0.2) is 4.98 Å². The largest absolute Gasteiger partial charge is 0.481 e. The van der Waals surface area contributed by atoms with Crippen molar-refractivity contribution in [2.24, 2.45) is 0 Å². The maximum Gasteiger partial charge on any atom is 0.303 e. The number of benzene rings is 1. The third-order valence-electron chi connectivity index (χ3n) is 2.48. The lowest BCUT2D eigenvalue weighted by atomic mass is 10.2. The average Bonchev–Trinajstić information content (AvgIpc) is 2.75. The van der Waals surface area contributed by atoms with Crippen LogP contribution in [-0.4, -0.2) is 22.6 Å². The Kier molecular flexibility index (Phi) is 3.59. The van der Waals surface area contributed by atoms with E-state index in [9.17, 15) is 4.79 Å². The highest BCUT2D eigenvalue weighted by Crippen LogP contribution is 2.17. The molecule has 0 saturated carbocycles. The highest BCUT2D eigenvalue weighted by Gasteiger charge is 2.00. The monoisotopic (exact) mass is 234 g/mol. The molecule has 1 aromatic heterocycles. The Bertz CT molecular complexity index is 507. The molecule has 2 aromatic rings.